The smallest absolute Gasteiger partial charge is 0.121 e. The van der Waals surface area contributed by atoms with Crippen LogP contribution in [0.5, 0.6) is 5.75 Å². The van der Waals surface area contributed by atoms with Gasteiger partial charge in [0.25, 0.3) is 0 Å². The summed E-state index contributed by atoms with van der Waals surface area (Å²) >= 11 is 0. The van der Waals surface area contributed by atoms with Crippen molar-refractivity contribution < 1.29 is 25.2 Å². The molecule has 3 unspecified atom stereocenters. The van der Waals surface area contributed by atoms with Gasteiger partial charge in [-0.15, -0.1) is 0 Å². The molecule has 0 aliphatic rings. The van der Waals surface area contributed by atoms with Gasteiger partial charge in [-0.3, -0.25) is 0 Å². The number of aliphatic hydroxyl groups is 3. The third-order valence-electron chi connectivity index (χ3n) is 4.10. The van der Waals surface area contributed by atoms with Crippen molar-refractivity contribution in [3.63, 3.8) is 0 Å². The molecule has 6 heteroatoms. The Hall–Kier alpha value is -1.96. The SMILES string of the molecule is C=C/C=C(\C=C/C(C)OCC(C)O)CCNCC(O)c1ccc(O)c(CO)c1. The standard InChI is InChI=1S/C22H33NO5/c1-4-5-18(7-6-17(3)28-15-16(2)25)10-11-23-13-22(27)19-8-9-21(26)20(12-19)14-24/h4-9,12,16-17,22-27H,1,10-11,13-15H2,2-3H3/b7-6-,18-5+. The molecule has 0 aliphatic carbocycles. The van der Waals surface area contributed by atoms with E-state index in [1.165, 1.54) is 6.07 Å². The number of aromatic hydroxyl groups is 1. The maximum absolute atomic E-state index is 10.3. The zero-order valence-electron chi connectivity index (χ0n) is 16.7. The molecule has 0 spiro atoms. The monoisotopic (exact) mass is 391 g/mol. The molecule has 6 nitrogen and oxygen atoms in total. The highest BCUT2D eigenvalue weighted by atomic mass is 16.5. The van der Waals surface area contributed by atoms with Gasteiger partial charge in [0.15, 0.2) is 0 Å². The van der Waals surface area contributed by atoms with E-state index in [2.05, 4.69) is 11.9 Å². The van der Waals surface area contributed by atoms with Crippen LogP contribution in [-0.2, 0) is 11.3 Å². The summed E-state index contributed by atoms with van der Waals surface area (Å²) in [6.07, 6.45) is 6.97. The van der Waals surface area contributed by atoms with Crippen LogP contribution < -0.4 is 5.32 Å². The first kappa shape index (κ1) is 24.1. The number of phenols is 1. The minimum atomic E-state index is -0.734. The average Bonchev–Trinajstić information content (AvgIpc) is 2.67. The summed E-state index contributed by atoms with van der Waals surface area (Å²) < 4.78 is 5.49. The second kappa shape index (κ2) is 13.3. The minimum absolute atomic E-state index is 0.0176. The Morgan fingerprint density at radius 2 is 2.04 bits per heavy atom. The number of nitrogens with one attached hydrogen (secondary N) is 1. The van der Waals surface area contributed by atoms with E-state index in [9.17, 15) is 20.4 Å². The molecule has 0 saturated heterocycles. The Morgan fingerprint density at radius 3 is 2.68 bits per heavy atom. The van der Waals surface area contributed by atoms with Gasteiger partial charge in [-0.25, -0.2) is 0 Å². The molecule has 0 amide bonds. The van der Waals surface area contributed by atoms with Crippen molar-refractivity contribution in [2.75, 3.05) is 19.7 Å². The summed E-state index contributed by atoms with van der Waals surface area (Å²) in [6, 6.07) is 4.71. The van der Waals surface area contributed by atoms with Gasteiger partial charge in [0, 0.05) is 12.1 Å². The molecule has 1 aromatic rings. The summed E-state index contributed by atoms with van der Waals surface area (Å²) in [6.45, 7) is 8.36. The largest absolute Gasteiger partial charge is 0.508 e. The molecule has 0 heterocycles. The van der Waals surface area contributed by atoms with Crippen LogP contribution in [0.4, 0.5) is 0 Å². The van der Waals surface area contributed by atoms with Crippen LogP contribution in [0.2, 0.25) is 0 Å². The van der Waals surface area contributed by atoms with Gasteiger partial charge in [-0.1, -0.05) is 36.9 Å². The van der Waals surface area contributed by atoms with Crippen molar-refractivity contribution >= 4 is 0 Å². The Balaban J connectivity index is 2.46. The first-order valence-corrected chi connectivity index (χ1v) is 9.48. The van der Waals surface area contributed by atoms with Crippen molar-refractivity contribution in [3.8, 4) is 5.75 Å². The molecule has 0 saturated carbocycles. The number of rotatable bonds is 13. The lowest BCUT2D eigenvalue weighted by Crippen LogP contribution is -2.23. The van der Waals surface area contributed by atoms with Gasteiger partial charge >= 0.3 is 0 Å². The van der Waals surface area contributed by atoms with Gasteiger partial charge in [0.1, 0.15) is 5.75 Å². The zero-order chi connectivity index (χ0) is 20.9. The molecule has 0 fully saturated rings. The van der Waals surface area contributed by atoms with Gasteiger partial charge in [-0.2, -0.15) is 0 Å². The molecular weight excluding hydrogens is 358 g/mol. The molecular formula is C22H33NO5. The van der Waals surface area contributed by atoms with Crippen molar-refractivity contribution in [3.05, 3.63) is 65.8 Å². The van der Waals surface area contributed by atoms with E-state index in [0.717, 1.165) is 12.0 Å². The van der Waals surface area contributed by atoms with Crippen molar-refractivity contribution in [2.24, 2.45) is 0 Å². The van der Waals surface area contributed by atoms with Gasteiger partial charge in [-0.05, 0) is 50.1 Å². The van der Waals surface area contributed by atoms with Gasteiger partial charge < -0.3 is 30.5 Å². The Morgan fingerprint density at radius 1 is 1.29 bits per heavy atom. The van der Waals surface area contributed by atoms with Crippen LogP contribution in [0.25, 0.3) is 0 Å². The average molecular weight is 392 g/mol. The van der Waals surface area contributed by atoms with Crippen LogP contribution in [-0.4, -0.2) is 52.3 Å². The first-order valence-electron chi connectivity index (χ1n) is 9.48. The highest BCUT2D eigenvalue weighted by molar-refractivity contribution is 5.36. The fourth-order valence-corrected chi connectivity index (χ4v) is 2.51. The van der Waals surface area contributed by atoms with E-state index in [-0.39, 0.29) is 18.5 Å². The van der Waals surface area contributed by atoms with E-state index in [0.29, 0.717) is 30.8 Å². The maximum Gasteiger partial charge on any atom is 0.121 e. The molecule has 1 rings (SSSR count). The third kappa shape index (κ3) is 9.30. The molecule has 156 valence electrons. The maximum atomic E-state index is 10.3. The van der Waals surface area contributed by atoms with Gasteiger partial charge in [0.2, 0.25) is 0 Å². The van der Waals surface area contributed by atoms with Crippen LogP contribution >= 0.6 is 0 Å². The molecule has 3 atom stereocenters. The fraction of sp³-hybridized carbons (Fsp3) is 0.455. The normalized spacial score (nSPS) is 15.5. The number of benzene rings is 1. The molecule has 0 bridgehead atoms. The second-order valence-electron chi connectivity index (χ2n) is 6.74. The second-order valence-corrected chi connectivity index (χ2v) is 6.74. The van der Waals surface area contributed by atoms with E-state index >= 15 is 0 Å². The molecule has 0 aliphatic heterocycles. The van der Waals surface area contributed by atoms with E-state index in [1.54, 1.807) is 25.1 Å². The molecule has 1 aromatic carbocycles. The first-order chi connectivity index (χ1) is 13.4. The lowest BCUT2D eigenvalue weighted by molar-refractivity contribution is 0.0246. The van der Waals surface area contributed by atoms with E-state index < -0.39 is 12.2 Å². The van der Waals surface area contributed by atoms with Crippen molar-refractivity contribution in [1.82, 2.24) is 5.32 Å². The predicted octanol–water partition coefficient (Wildman–Crippen LogP) is 2.35. The highest BCUT2D eigenvalue weighted by Gasteiger charge is 2.10. The minimum Gasteiger partial charge on any atom is -0.508 e. The lowest BCUT2D eigenvalue weighted by atomic mass is 10.1. The lowest BCUT2D eigenvalue weighted by Gasteiger charge is -2.14. The number of hydrogen-bond acceptors (Lipinski definition) is 6. The topological polar surface area (TPSA) is 102 Å². The van der Waals surface area contributed by atoms with Crippen LogP contribution in [0.1, 0.15) is 37.5 Å². The summed E-state index contributed by atoms with van der Waals surface area (Å²) in [5.74, 6) is 0.0176. The summed E-state index contributed by atoms with van der Waals surface area (Å²) in [5.41, 5.74) is 2.10. The number of ether oxygens (including phenoxy) is 1. The number of aliphatic hydroxyl groups excluding tert-OH is 3. The molecule has 28 heavy (non-hydrogen) atoms. The van der Waals surface area contributed by atoms with Gasteiger partial charge in [0.05, 0.1) is 31.5 Å². The predicted molar refractivity (Wildman–Crippen MR) is 111 cm³/mol. The Bertz CT molecular complexity index is 654. The molecule has 0 radical (unpaired) electrons. The van der Waals surface area contributed by atoms with Crippen molar-refractivity contribution in [1.29, 1.82) is 0 Å². The highest BCUT2D eigenvalue weighted by Crippen LogP contribution is 2.22. The zero-order valence-corrected chi connectivity index (χ0v) is 16.7. The quantitative estimate of drug-likeness (QED) is 0.261. The van der Waals surface area contributed by atoms with Crippen LogP contribution in [0.15, 0.2) is 54.7 Å². The summed E-state index contributed by atoms with van der Waals surface area (Å²) in [7, 11) is 0. The van der Waals surface area contributed by atoms with Crippen LogP contribution in [0.3, 0.4) is 0 Å². The number of hydrogen-bond donors (Lipinski definition) is 5. The van der Waals surface area contributed by atoms with Crippen molar-refractivity contribution in [2.45, 2.75) is 45.2 Å². The third-order valence-corrected chi connectivity index (χ3v) is 4.10. The number of allylic oxidation sites excluding steroid dienone is 3. The van der Waals surface area contributed by atoms with E-state index in [4.69, 9.17) is 4.74 Å². The van der Waals surface area contributed by atoms with Crippen LogP contribution in [0, 0.1) is 0 Å². The molecule has 0 aromatic heterocycles. The summed E-state index contributed by atoms with van der Waals surface area (Å²) in [4.78, 5) is 0. The van der Waals surface area contributed by atoms with E-state index in [1.807, 2.05) is 25.2 Å². The Labute approximate surface area is 167 Å². The molecule has 5 N–H and O–H groups in total. The Kier molecular flexibility index (Phi) is 11.4. The summed E-state index contributed by atoms with van der Waals surface area (Å²) in [5, 5.41) is 41.5. The fourth-order valence-electron chi connectivity index (χ4n) is 2.51.